The highest BCUT2D eigenvalue weighted by Gasteiger charge is 2.51. The molecule has 2 aliphatic heterocycles. The number of fused-ring (bicyclic) bond motifs is 1. The Bertz CT molecular complexity index is 783. The quantitative estimate of drug-likeness (QED) is 0.784. The van der Waals surface area contributed by atoms with Gasteiger partial charge in [-0.1, -0.05) is 6.07 Å². The van der Waals surface area contributed by atoms with Gasteiger partial charge in [-0.05, 0) is 64.6 Å². The Hall–Kier alpha value is -1.44. The molecule has 0 N–H and O–H groups in total. The Morgan fingerprint density at radius 2 is 1.88 bits per heavy atom. The van der Waals surface area contributed by atoms with Gasteiger partial charge in [-0.25, -0.2) is 4.68 Å². The summed E-state index contributed by atoms with van der Waals surface area (Å²) < 4.78 is 33.9. The lowest BCUT2D eigenvalue weighted by molar-refractivity contribution is -0.0375. The van der Waals surface area contributed by atoms with Crippen molar-refractivity contribution in [1.82, 2.24) is 9.78 Å². The number of benzene rings is 1. The summed E-state index contributed by atoms with van der Waals surface area (Å²) in [6, 6.07) is 5.50. The fourth-order valence-electron chi connectivity index (χ4n) is 3.38. The third kappa shape index (κ3) is 2.78. The molecule has 1 aromatic carbocycles. The maximum atomic E-state index is 14.3. The van der Waals surface area contributed by atoms with Gasteiger partial charge in [-0.3, -0.25) is 0 Å². The van der Waals surface area contributed by atoms with Gasteiger partial charge < -0.3 is 14.0 Å². The second-order valence-corrected chi connectivity index (χ2v) is 7.92. The number of nitrogens with zero attached hydrogens (tertiary/aromatic N) is 2. The molecule has 1 aromatic heterocycles. The summed E-state index contributed by atoms with van der Waals surface area (Å²) in [5, 5.41) is 4.58. The van der Waals surface area contributed by atoms with Crippen molar-refractivity contribution in [3.63, 3.8) is 0 Å². The smallest absolute Gasteiger partial charge is 0.399 e. The molecule has 4 rings (SSSR count). The molecule has 0 bridgehead atoms. The van der Waals surface area contributed by atoms with Crippen LogP contribution in [0.4, 0.5) is 4.39 Å². The molecule has 0 radical (unpaired) electrons. The molecule has 0 amide bonds. The van der Waals surface area contributed by atoms with Gasteiger partial charge in [0, 0.05) is 6.61 Å². The van der Waals surface area contributed by atoms with Crippen molar-refractivity contribution in [3.8, 4) is 0 Å². The van der Waals surface area contributed by atoms with Crippen molar-refractivity contribution in [1.29, 1.82) is 0 Å². The first-order valence-corrected chi connectivity index (χ1v) is 8.93. The average Bonchev–Trinajstić information content (AvgIpc) is 3.01. The molecule has 1 atom stereocenters. The minimum atomic E-state index is -0.479. The van der Waals surface area contributed by atoms with Crippen molar-refractivity contribution in [2.24, 2.45) is 0 Å². The standard InChI is InChI=1S/C18H24BFN2O3/c1-17(2)18(3,4)25-19(24-17)12-8-9-13-14(11-12)22(21-16(13)20)15-7-5-6-10-23-15/h8-9,11,15H,5-7,10H2,1-4H3. The van der Waals surface area contributed by atoms with Crippen LogP contribution in [0.5, 0.6) is 0 Å². The van der Waals surface area contributed by atoms with E-state index in [1.54, 1.807) is 10.7 Å². The number of rotatable bonds is 2. The van der Waals surface area contributed by atoms with Crippen LogP contribution in [-0.2, 0) is 14.0 Å². The Balaban J connectivity index is 1.72. The molecule has 0 spiro atoms. The second kappa shape index (κ2) is 5.79. The van der Waals surface area contributed by atoms with Crippen molar-refractivity contribution in [2.75, 3.05) is 6.61 Å². The molecule has 7 heteroatoms. The van der Waals surface area contributed by atoms with E-state index in [0.717, 1.165) is 30.2 Å². The van der Waals surface area contributed by atoms with Gasteiger partial charge in [0.1, 0.15) is 0 Å². The van der Waals surface area contributed by atoms with Gasteiger partial charge in [0.05, 0.1) is 22.1 Å². The second-order valence-electron chi connectivity index (χ2n) is 7.92. The minimum Gasteiger partial charge on any atom is -0.399 e. The van der Waals surface area contributed by atoms with Gasteiger partial charge in [-0.15, -0.1) is 5.10 Å². The summed E-state index contributed by atoms with van der Waals surface area (Å²) in [4.78, 5) is 0. The molecule has 1 unspecified atom stereocenters. The normalized spacial score (nSPS) is 25.6. The van der Waals surface area contributed by atoms with E-state index in [-0.39, 0.29) is 6.23 Å². The molecule has 134 valence electrons. The third-order valence-electron chi connectivity index (χ3n) is 5.64. The number of hydrogen-bond donors (Lipinski definition) is 0. The average molecular weight is 346 g/mol. The summed E-state index contributed by atoms with van der Waals surface area (Å²) in [7, 11) is -0.479. The number of ether oxygens (including phenoxy) is 1. The molecule has 3 heterocycles. The zero-order chi connectivity index (χ0) is 17.8. The monoisotopic (exact) mass is 346 g/mol. The summed E-state index contributed by atoms with van der Waals surface area (Å²) in [6.45, 7) is 8.76. The predicted octanol–water partition coefficient (Wildman–Crippen LogP) is 3.17. The third-order valence-corrected chi connectivity index (χ3v) is 5.64. The first-order chi connectivity index (χ1) is 11.8. The Morgan fingerprint density at radius 3 is 2.52 bits per heavy atom. The molecule has 2 fully saturated rings. The highest BCUT2D eigenvalue weighted by Crippen LogP contribution is 2.37. The molecule has 0 saturated carbocycles. The number of halogens is 1. The van der Waals surface area contributed by atoms with Crippen LogP contribution in [0.15, 0.2) is 18.2 Å². The summed E-state index contributed by atoms with van der Waals surface area (Å²) in [5.41, 5.74) is 0.759. The molecule has 5 nitrogen and oxygen atoms in total. The van der Waals surface area contributed by atoms with E-state index >= 15 is 0 Å². The fraction of sp³-hybridized carbons (Fsp3) is 0.611. The van der Waals surface area contributed by atoms with Gasteiger partial charge >= 0.3 is 7.12 Å². The van der Waals surface area contributed by atoms with E-state index in [0.29, 0.717) is 12.0 Å². The Morgan fingerprint density at radius 1 is 1.16 bits per heavy atom. The molecule has 25 heavy (non-hydrogen) atoms. The van der Waals surface area contributed by atoms with E-state index < -0.39 is 24.3 Å². The van der Waals surface area contributed by atoms with Crippen LogP contribution in [0.2, 0.25) is 0 Å². The van der Waals surface area contributed by atoms with Gasteiger partial charge in [0.2, 0.25) is 5.95 Å². The van der Waals surface area contributed by atoms with Crippen LogP contribution in [0.25, 0.3) is 10.9 Å². The summed E-state index contributed by atoms with van der Waals surface area (Å²) in [6.07, 6.45) is 2.73. The lowest BCUT2D eigenvalue weighted by Crippen LogP contribution is -2.41. The maximum Gasteiger partial charge on any atom is 0.494 e. The lowest BCUT2D eigenvalue weighted by atomic mass is 9.79. The highest BCUT2D eigenvalue weighted by molar-refractivity contribution is 6.62. The summed E-state index contributed by atoms with van der Waals surface area (Å²) >= 11 is 0. The fourth-order valence-corrected chi connectivity index (χ4v) is 3.38. The Labute approximate surface area is 147 Å². The maximum absolute atomic E-state index is 14.3. The van der Waals surface area contributed by atoms with Gasteiger partial charge in [0.25, 0.3) is 0 Å². The molecular weight excluding hydrogens is 322 g/mol. The van der Waals surface area contributed by atoms with Crippen molar-refractivity contribution in [3.05, 3.63) is 24.1 Å². The molecule has 0 aliphatic carbocycles. The van der Waals surface area contributed by atoms with Crippen LogP contribution in [0.1, 0.15) is 53.2 Å². The number of aromatic nitrogens is 2. The van der Waals surface area contributed by atoms with E-state index in [4.69, 9.17) is 14.0 Å². The van der Waals surface area contributed by atoms with E-state index in [9.17, 15) is 4.39 Å². The van der Waals surface area contributed by atoms with Crippen LogP contribution in [0.3, 0.4) is 0 Å². The van der Waals surface area contributed by atoms with Crippen molar-refractivity contribution < 1.29 is 18.4 Å². The molecule has 2 aliphatic rings. The Kier molecular flexibility index (Phi) is 3.94. The predicted molar refractivity (Wildman–Crippen MR) is 94.2 cm³/mol. The number of hydrogen-bond acceptors (Lipinski definition) is 4. The lowest BCUT2D eigenvalue weighted by Gasteiger charge is -2.32. The minimum absolute atomic E-state index is 0.214. The van der Waals surface area contributed by atoms with E-state index in [2.05, 4.69) is 5.10 Å². The zero-order valence-electron chi connectivity index (χ0n) is 15.2. The van der Waals surface area contributed by atoms with Gasteiger partial charge in [0.15, 0.2) is 6.23 Å². The van der Waals surface area contributed by atoms with E-state index in [1.807, 2.05) is 39.8 Å². The highest BCUT2D eigenvalue weighted by atomic mass is 19.1. The zero-order valence-corrected chi connectivity index (χ0v) is 15.2. The topological polar surface area (TPSA) is 45.5 Å². The van der Waals surface area contributed by atoms with Crippen LogP contribution in [-0.4, -0.2) is 34.7 Å². The summed E-state index contributed by atoms with van der Waals surface area (Å²) in [5.74, 6) is -0.468. The first-order valence-electron chi connectivity index (χ1n) is 8.93. The van der Waals surface area contributed by atoms with E-state index in [1.165, 1.54) is 0 Å². The largest absolute Gasteiger partial charge is 0.494 e. The first kappa shape index (κ1) is 17.0. The van der Waals surface area contributed by atoms with Gasteiger partial charge in [-0.2, -0.15) is 4.39 Å². The molecule has 2 aromatic rings. The van der Waals surface area contributed by atoms with Crippen molar-refractivity contribution >= 4 is 23.5 Å². The van der Waals surface area contributed by atoms with Crippen LogP contribution < -0.4 is 5.46 Å². The molecule has 2 saturated heterocycles. The van der Waals surface area contributed by atoms with Crippen LogP contribution in [0, 0.1) is 5.95 Å². The SMILES string of the molecule is CC1(C)OB(c2ccc3c(F)nn(C4CCCCO4)c3c2)OC1(C)C. The molecular formula is C18H24BFN2O3. The van der Waals surface area contributed by atoms with Crippen molar-refractivity contribution in [2.45, 2.75) is 64.4 Å². The van der Waals surface area contributed by atoms with Crippen LogP contribution >= 0.6 is 0 Å².